The summed E-state index contributed by atoms with van der Waals surface area (Å²) >= 11 is 0.837. The quantitative estimate of drug-likeness (QED) is 0.432. The fourth-order valence-electron chi connectivity index (χ4n) is 4.88. The number of nitrogens with one attached hydrogen (secondary N) is 1. The van der Waals surface area contributed by atoms with E-state index in [-0.39, 0.29) is 27.3 Å². The van der Waals surface area contributed by atoms with Crippen molar-refractivity contribution in [1.82, 2.24) is 9.97 Å². The van der Waals surface area contributed by atoms with Crippen molar-refractivity contribution in [2.45, 2.75) is 44.2 Å². The van der Waals surface area contributed by atoms with Gasteiger partial charge in [0.25, 0.3) is 5.91 Å². The number of anilines is 3. The third-order valence-corrected chi connectivity index (χ3v) is 7.49. The first-order valence-electron chi connectivity index (χ1n) is 11.4. The van der Waals surface area contributed by atoms with E-state index in [0.29, 0.717) is 30.8 Å². The molecule has 2 atom stereocenters. The number of thiazole rings is 1. The minimum Gasteiger partial charge on any atom is -0.389 e. The fourth-order valence-corrected chi connectivity index (χ4v) is 5.76. The van der Waals surface area contributed by atoms with Crippen LogP contribution in [0.1, 0.15) is 47.9 Å². The van der Waals surface area contributed by atoms with E-state index in [9.17, 15) is 18.7 Å². The number of pyridine rings is 1. The van der Waals surface area contributed by atoms with Crippen molar-refractivity contribution in [2.24, 2.45) is 5.73 Å². The predicted octanol–water partition coefficient (Wildman–Crippen LogP) is 3.40. The average Bonchev–Trinajstić information content (AvgIpc) is 3.32. The van der Waals surface area contributed by atoms with E-state index in [1.54, 1.807) is 6.92 Å². The van der Waals surface area contributed by atoms with Crippen LogP contribution >= 0.6 is 11.3 Å². The molecule has 1 aliphatic heterocycles. The Morgan fingerprint density at radius 2 is 2.09 bits per heavy atom. The summed E-state index contributed by atoms with van der Waals surface area (Å²) in [6, 6.07) is 3.49. The molecule has 5 rings (SSSR count). The molecular formula is C24H26F2N6O2S. The van der Waals surface area contributed by atoms with E-state index in [4.69, 9.17) is 11.5 Å². The van der Waals surface area contributed by atoms with Crippen LogP contribution in [0.15, 0.2) is 24.4 Å². The lowest BCUT2D eigenvalue weighted by molar-refractivity contribution is 0.0554. The molecule has 8 nitrogen and oxygen atoms in total. The summed E-state index contributed by atoms with van der Waals surface area (Å²) in [6.45, 7) is 3.09. The van der Waals surface area contributed by atoms with Gasteiger partial charge in [0.2, 0.25) is 0 Å². The molecule has 0 bridgehead atoms. The van der Waals surface area contributed by atoms with Crippen LogP contribution in [0.25, 0.3) is 10.6 Å². The minimum atomic E-state index is -1.05. The highest BCUT2D eigenvalue weighted by molar-refractivity contribution is 7.19. The second-order valence-electron chi connectivity index (χ2n) is 9.25. The molecule has 1 aliphatic carbocycles. The Balaban J connectivity index is 1.51. The smallest absolute Gasteiger partial charge is 0.277 e. The maximum atomic E-state index is 14.2. The summed E-state index contributed by atoms with van der Waals surface area (Å²) in [5, 5.41) is 13.6. The van der Waals surface area contributed by atoms with Crippen LogP contribution in [0.4, 0.5) is 25.2 Å². The Labute approximate surface area is 205 Å². The van der Waals surface area contributed by atoms with Crippen molar-refractivity contribution >= 4 is 33.6 Å². The van der Waals surface area contributed by atoms with Gasteiger partial charge in [-0.3, -0.25) is 9.78 Å². The molecule has 11 heteroatoms. The first-order valence-corrected chi connectivity index (χ1v) is 12.2. The molecule has 1 saturated heterocycles. The first-order chi connectivity index (χ1) is 16.7. The number of carbonyl (C=O) groups excluding carboxylic acids is 1. The molecule has 3 aromatic rings. The topological polar surface area (TPSA) is 130 Å². The van der Waals surface area contributed by atoms with Crippen LogP contribution < -0.4 is 21.7 Å². The Morgan fingerprint density at radius 3 is 2.80 bits per heavy atom. The number of benzene rings is 1. The summed E-state index contributed by atoms with van der Waals surface area (Å²) in [7, 11) is 0. The number of nitrogen functional groups attached to an aromatic ring is 1. The molecule has 3 heterocycles. The van der Waals surface area contributed by atoms with Gasteiger partial charge in [-0.2, -0.15) is 0 Å². The summed E-state index contributed by atoms with van der Waals surface area (Å²) in [6.07, 6.45) is 4.46. The van der Waals surface area contributed by atoms with E-state index in [0.717, 1.165) is 54.1 Å². The number of hydrogen-bond acceptors (Lipinski definition) is 8. The largest absolute Gasteiger partial charge is 0.389 e. The van der Waals surface area contributed by atoms with Gasteiger partial charge in [0.05, 0.1) is 28.8 Å². The van der Waals surface area contributed by atoms with Crippen molar-refractivity contribution in [1.29, 1.82) is 0 Å². The zero-order valence-corrected chi connectivity index (χ0v) is 20.0. The molecule has 0 spiro atoms. The molecule has 2 aromatic heterocycles. The monoisotopic (exact) mass is 500 g/mol. The van der Waals surface area contributed by atoms with Gasteiger partial charge in [0.1, 0.15) is 27.2 Å². The Morgan fingerprint density at radius 1 is 1.34 bits per heavy atom. The Kier molecular flexibility index (Phi) is 5.94. The lowest BCUT2D eigenvalue weighted by atomic mass is 10.0. The van der Waals surface area contributed by atoms with Gasteiger partial charge in [-0.05, 0) is 44.7 Å². The first kappa shape index (κ1) is 23.6. The summed E-state index contributed by atoms with van der Waals surface area (Å²) in [5.74, 6) is -2.19. The number of amides is 1. The van der Waals surface area contributed by atoms with Gasteiger partial charge >= 0.3 is 0 Å². The normalized spacial score (nSPS) is 21.7. The van der Waals surface area contributed by atoms with Gasteiger partial charge in [-0.25, -0.2) is 13.8 Å². The van der Waals surface area contributed by atoms with Crippen molar-refractivity contribution in [3.05, 3.63) is 53.0 Å². The number of carbonyl (C=O) groups is 1. The molecule has 6 N–H and O–H groups in total. The number of piperidine rings is 1. The molecule has 35 heavy (non-hydrogen) atoms. The summed E-state index contributed by atoms with van der Waals surface area (Å²) in [5.41, 5.74) is 13.5. The number of fused-ring (bicyclic) bond motifs is 1. The van der Waals surface area contributed by atoms with E-state index < -0.39 is 23.1 Å². The van der Waals surface area contributed by atoms with Crippen molar-refractivity contribution in [3.8, 4) is 10.6 Å². The second-order valence-corrected chi connectivity index (χ2v) is 10.3. The lowest BCUT2D eigenvalue weighted by Crippen LogP contribution is -2.43. The van der Waals surface area contributed by atoms with Crippen LogP contribution in [-0.2, 0) is 12.0 Å². The van der Waals surface area contributed by atoms with Crippen LogP contribution in [0.5, 0.6) is 0 Å². The highest BCUT2D eigenvalue weighted by Gasteiger charge is 2.38. The SMILES string of the molecule is CC1(O)CCc2c1ncc(NC(=O)c1nc(-c3c(F)cccc3F)sc1N)c2N1CCC[C@H](N)C1. The zero-order chi connectivity index (χ0) is 24.9. The van der Waals surface area contributed by atoms with Gasteiger partial charge in [0.15, 0.2) is 5.69 Å². The Hall–Kier alpha value is -3.15. The van der Waals surface area contributed by atoms with Gasteiger partial charge in [0, 0.05) is 24.7 Å². The predicted molar refractivity (Wildman–Crippen MR) is 131 cm³/mol. The molecule has 2 aliphatic rings. The summed E-state index contributed by atoms with van der Waals surface area (Å²) < 4.78 is 28.5. The third kappa shape index (κ3) is 4.24. The van der Waals surface area contributed by atoms with E-state index in [1.165, 1.54) is 12.3 Å². The number of aliphatic hydroxyl groups is 1. The summed E-state index contributed by atoms with van der Waals surface area (Å²) in [4.78, 5) is 24.0. The van der Waals surface area contributed by atoms with Crippen LogP contribution in [0.3, 0.4) is 0 Å². The molecule has 0 saturated carbocycles. The third-order valence-electron chi connectivity index (χ3n) is 6.59. The van der Waals surface area contributed by atoms with Gasteiger partial charge in [-0.1, -0.05) is 17.4 Å². The number of rotatable bonds is 4. The fraction of sp³-hybridized carbons (Fsp3) is 0.375. The van der Waals surface area contributed by atoms with Crippen LogP contribution in [0.2, 0.25) is 0 Å². The molecule has 184 valence electrons. The van der Waals surface area contributed by atoms with Crippen molar-refractivity contribution in [3.63, 3.8) is 0 Å². The molecule has 1 fully saturated rings. The zero-order valence-electron chi connectivity index (χ0n) is 19.1. The van der Waals surface area contributed by atoms with Crippen LogP contribution in [0, 0.1) is 11.6 Å². The van der Waals surface area contributed by atoms with E-state index in [2.05, 4.69) is 20.2 Å². The molecule has 1 unspecified atom stereocenters. The van der Waals surface area contributed by atoms with Crippen LogP contribution in [-0.4, -0.2) is 40.1 Å². The Bertz CT molecular complexity index is 1290. The molecule has 1 aromatic carbocycles. The number of nitrogens with two attached hydrogens (primary N) is 2. The maximum Gasteiger partial charge on any atom is 0.277 e. The number of hydrogen-bond donors (Lipinski definition) is 4. The second kappa shape index (κ2) is 8.81. The highest BCUT2D eigenvalue weighted by Crippen LogP contribution is 2.44. The number of nitrogens with zero attached hydrogens (tertiary/aromatic N) is 3. The maximum absolute atomic E-state index is 14.2. The minimum absolute atomic E-state index is 0.00885. The van der Waals surface area contributed by atoms with Crippen molar-refractivity contribution in [2.75, 3.05) is 29.0 Å². The molecule has 0 radical (unpaired) electrons. The van der Waals surface area contributed by atoms with E-state index in [1.807, 2.05) is 0 Å². The molecular weight excluding hydrogens is 474 g/mol. The van der Waals surface area contributed by atoms with Gasteiger partial charge < -0.3 is 26.8 Å². The molecule has 1 amide bonds. The van der Waals surface area contributed by atoms with Crippen molar-refractivity contribution < 1.29 is 18.7 Å². The number of aromatic nitrogens is 2. The standard InChI is InChI=1S/C24H26F2N6O2S/c1-24(34)8-7-13-19(32-9-3-4-12(27)11-32)16(10-29-20(13)24)30-22(33)18-21(28)35-23(31-18)17-14(25)5-2-6-15(17)26/h2,5-6,10,12,34H,3-4,7-9,11,27-28H2,1H3,(H,30,33)/t12-,24?/m0/s1. The van der Waals surface area contributed by atoms with Gasteiger partial charge in [-0.15, -0.1) is 0 Å². The highest BCUT2D eigenvalue weighted by atomic mass is 32.1. The number of halogens is 2. The lowest BCUT2D eigenvalue weighted by Gasteiger charge is -2.35. The van der Waals surface area contributed by atoms with E-state index >= 15 is 0 Å². The average molecular weight is 501 g/mol.